The Bertz CT molecular complexity index is 1280. The number of anilines is 2. The van der Waals surface area contributed by atoms with Crippen molar-refractivity contribution < 1.29 is 14.3 Å². The Labute approximate surface area is 214 Å². The second kappa shape index (κ2) is 9.45. The molecule has 1 heterocycles. The van der Waals surface area contributed by atoms with Crippen molar-refractivity contribution in [3.63, 3.8) is 0 Å². The van der Waals surface area contributed by atoms with Gasteiger partial charge in [-0.15, -0.1) is 0 Å². The number of carbonyl (C=O) groups excluding carboxylic acids is 2. The van der Waals surface area contributed by atoms with Gasteiger partial charge in [0.2, 0.25) is 0 Å². The Hall–Kier alpha value is -3.60. The molecule has 1 aliphatic rings. The van der Waals surface area contributed by atoms with Gasteiger partial charge < -0.3 is 14.5 Å². The SMILES string of the molecule is CCC(C)C(=O)c1c(C(C)=O)cccc1C1(C)c2ccc(N(C)C)cc2Oc2cc(N(C)C)ccc21. The molecule has 0 saturated heterocycles. The number of ketones is 2. The maximum Gasteiger partial charge on any atom is 0.166 e. The molecule has 0 radical (unpaired) electrons. The van der Waals surface area contributed by atoms with Crippen molar-refractivity contribution in [2.45, 2.75) is 39.5 Å². The Kier molecular flexibility index (Phi) is 6.70. The molecule has 36 heavy (non-hydrogen) atoms. The zero-order chi connectivity index (χ0) is 26.4. The van der Waals surface area contributed by atoms with Gasteiger partial charge in [0.15, 0.2) is 11.6 Å². The highest BCUT2D eigenvalue weighted by molar-refractivity contribution is 6.10. The van der Waals surface area contributed by atoms with Crippen LogP contribution in [0.25, 0.3) is 0 Å². The summed E-state index contributed by atoms with van der Waals surface area (Å²) in [5, 5.41) is 0. The third-order valence-corrected chi connectivity index (χ3v) is 7.55. The predicted octanol–water partition coefficient (Wildman–Crippen LogP) is 6.71. The normalized spacial score (nSPS) is 14.2. The fourth-order valence-electron chi connectivity index (χ4n) is 5.09. The molecule has 0 amide bonds. The summed E-state index contributed by atoms with van der Waals surface area (Å²) in [7, 11) is 8.00. The molecule has 0 bridgehead atoms. The number of benzene rings is 3. The van der Waals surface area contributed by atoms with Crippen molar-refractivity contribution in [1.82, 2.24) is 0 Å². The summed E-state index contributed by atoms with van der Waals surface area (Å²) in [4.78, 5) is 30.7. The minimum atomic E-state index is -0.706. The van der Waals surface area contributed by atoms with Gasteiger partial charge in [-0.05, 0) is 38.0 Å². The van der Waals surface area contributed by atoms with E-state index in [4.69, 9.17) is 4.74 Å². The third-order valence-electron chi connectivity index (χ3n) is 7.55. The summed E-state index contributed by atoms with van der Waals surface area (Å²) in [6, 6.07) is 18.1. The van der Waals surface area contributed by atoms with Crippen LogP contribution in [0.5, 0.6) is 11.5 Å². The lowest BCUT2D eigenvalue weighted by molar-refractivity contribution is 0.0914. The highest BCUT2D eigenvalue weighted by atomic mass is 16.5. The van der Waals surface area contributed by atoms with E-state index in [1.807, 2.05) is 76.1 Å². The van der Waals surface area contributed by atoms with E-state index in [1.54, 1.807) is 6.07 Å². The van der Waals surface area contributed by atoms with Crippen LogP contribution in [0.15, 0.2) is 54.6 Å². The largest absolute Gasteiger partial charge is 0.457 e. The van der Waals surface area contributed by atoms with Crippen molar-refractivity contribution in [2.75, 3.05) is 38.0 Å². The molecule has 0 saturated carbocycles. The maximum absolute atomic E-state index is 13.8. The van der Waals surface area contributed by atoms with E-state index in [1.165, 1.54) is 6.92 Å². The van der Waals surface area contributed by atoms with Gasteiger partial charge in [-0.25, -0.2) is 0 Å². The number of hydrogen-bond donors (Lipinski definition) is 0. The number of nitrogens with zero attached hydrogens (tertiary/aromatic N) is 2. The lowest BCUT2D eigenvalue weighted by atomic mass is 9.66. The van der Waals surface area contributed by atoms with Crippen LogP contribution in [0.4, 0.5) is 11.4 Å². The first-order chi connectivity index (χ1) is 17.0. The van der Waals surface area contributed by atoms with E-state index in [-0.39, 0.29) is 17.5 Å². The molecule has 0 spiro atoms. The van der Waals surface area contributed by atoms with E-state index in [9.17, 15) is 9.59 Å². The zero-order valence-electron chi connectivity index (χ0n) is 22.6. The molecule has 1 aliphatic heterocycles. The first kappa shape index (κ1) is 25.5. The van der Waals surface area contributed by atoms with Crippen LogP contribution in [0.2, 0.25) is 0 Å². The highest BCUT2D eigenvalue weighted by Crippen LogP contribution is 2.54. The molecule has 5 heteroatoms. The van der Waals surface area contributed by atoms with Gasteiger partial charge in [-0.3, -0.25) is 9.59 Å². The van der Waals surface area contributed by atoms with Gasteiger partial charge in [-0.2, -0.15) is 0 Å². The van der Waals surface area contributed by atoms with Crippen molar-refractivity contribution in [1.29, 1.82) is 0 Å². The highest BCUT2D eigenvalue weighted by Gasteiger charge is 2.43. The van der Waals surface area contributed by atoms with Crippen LogP contribution in [-0.4, -0.2) is 39.8 Å². The Morgan fingerprint density at radius 2 is 1.39 bits per heavy atom. The molecule has 0 aliphatic carbocycles. The molecule has 5 nitrogen and oxygen atoms in total. The van der Waals surface area contributed by atoms with Crippen LogP contribution in [-0.2, 0) is 5.41 Å². The van der Waals surface area contributed by atoms with E-state index in [2.05, 4.69) is 31.2 Å². The van der Waals surface area contributed by atoms with Crippen molar-refractivity contribution in [3.05, 3.63) is 82.4 Å². The summed E-state index contributed by atoms with van der Waals surface area (Å²) < 4.78 is 6.52. The third kappa shape index (κ3) is 4.06. The van der Waals surface area contributed by atoms with Gasteiger partial charge in [0.1, 0.15) is 11.5 Å². The molecule has 1 unspecified atom stereocenters. The van der Waals surface area contributed by atoms with Crippen LogP contribution >= 0.6 is 0 Å². The van der Waals surface area contributed by atoms with Gasteiger partial charge in [0, 0.05) is 79.9 Å². The summed E-state index contributed by atoms with van der Waals surface area (Å²) in [5.74, 6) is 1.21. The Morgan fingerprint density at radius 1 is 0.861 bits per heavy atom. The van der Waals surface area contributed by atoms with Crippen LogP contribution in [0.1, 0.15) is 71.5 Å². The smallest absolute Gasteiger partial charge is 0.166 e. The van der Waals surface area contributed by atoms with Crippen molar-refractivity contribution >= 4 is 22.9 Å². The summed E-state index contributed by atoms with van der Waals surface area (Å²) in [5.41, 5.74) is 5.12. The fourth-order valence-corrected chi connectivity index (χ4v) is 5.09. The predicted molar refractivity (Wildman–Crippen MR) is 147 cm³/mol. The lowest BCUT2D eigenvalue weighted by Gasteiger charge is -2.40. The number of carbonyl (C=O) groups is 2. The molecular formula is C31H36N2O3. The van der Waals surface area contributed by atoms with Gasteiger partial charge >= 0.3 is 0 Å². The van der Waals surface area contributed by atoms with Crippen molar-refractivity contribution in [3.8, 4) is 11.5 Å². The van der Waals surface area contributed by atoms with Crippen LogP contribution in [0.3, 0.4) is 0 Å². The van der Waals surface area contributed by atoms with Crippen LogP contribution in [0, 0.1) is 5.92 Å². The van der Waals surface area contributed by atoms with Gasteiger partial charge in [-0.1, -0.05) is 44.2 Å². The summed E-state index contributed by atoms with van der Waals surface area (Å²) in [6.07, 6.45) is 0.704. The minimum absolute atomic E-state index is 0.00365. The first-order valence-electron chi connectivity index (χ1n) is 12.5. The van der Waals surface area contributed by atoms with E-state index < -0.39 is 5.41 Å². The monoisotopic (exact) mass is 484 g/mol. The molecule has 3 aromatic carbocycles. The quantitative estimate of drug-likeness (QED) is 0.349. The fraction of sp³-hybridized carbons (Fsp3) is 0.355. The first-order valence-corrected chi connectivity index (χ1v) is 12.5. The van der Waals surface area contributed by atoms with Gasteiger partial charge in [0.05, 0.1) is 5.41 Å². The summed E-state index contributed by atoms with van der Waals surface area (Å²) in [6.45, 7) is 7.62. The van der Waals surface area contributed by atoms with E-state index in [0.29, 0.717) is 17.5 Å². The zero-order valence-corrected chi connectivity index (χ0v) is 22.6. The number of hydrogen-bond acceptors (Lipinski definition) is 5. The molecule has 0 fully saturated rings. The molecule has 0 N–H and O–H groups in total. The molecule has 188 valence electrons. The average Bonchev–Trinajstić information content (AvgIpc) is 2.86. The number of ether oxygens (including phenoxy) is 1. The van der Waals surface area contributed by atoms with Gasteiger partial charge in [0.25, 0.3) is 0 Å². The molecule has 0 aromatic heterocycles. The Balaban J connectivity index is 2.10. The standard InChI is InChI=1S/C31H36N2O3/c1-9-19(2)30(35)29-23(20(3)34)11-10-12-26(29)31(4)24-15-13-21(32(5)6)17-27(24)36-28-18-22(33(7)8)14-16-25(28)31/h10-19H,9H2,1-8H3. The Morgan fingerprint density at radius 3 is 1.83 bits per heavy atom. The molecule has 1 atom stereocenters. The maximum atomic E-state index is 13.8. The van der Waals surface area contributed by atoms with Crippen LogP contribution < -0.4 is 14.5 Å². The van der Waals surface area contributed by atoms with E-state index in [0.717, 1.165) is 39.6 Å². The molecule has 3 aromatic rings. The number of Topliss-reactive ketones (excluding diaryl/α,β-unsaturated/α-hetero) is 2. The number of rotatable bonds is 7. The minimum Gasteiger partial charge on any atom is -0.457 e. The lowest BCUT2D eigenvalue weighted by Crippen LogP contribution is -2.33. The summed E-state index contributed by atoms with van der Waals surface area (Å²) >= 11 is 0. The average molecular weight is 485 g/mol. The second-order valence-electron chi connectivity index (χ2n) is 10.3. The number of fused-ring (bicyclic) bond motifs is 2. The molecular weight excluding hydrogens is 448 g/mol. The van der Waals surface area contributed by atoms with E-state index >= 15 is 0 Å². The van der Waals surface area contributed by atoms with Crippen molar-refractivity contribution in [2.24, 2.45) is 5.92 Å². The molecule has 4 rings (SSSR count). The second-order valence-corrected chi connectivity index (χ2v) is 10.3. The topological polar surface area (TPSA) is 49.9 Å².